The quantitative estimate of drug-likeness (QED) is 0.766. The van der Waals surface area contributed by atoms with Crippen LogP contribution in [-0.2, 0) is 6.42 Å². The molecule has 1 heterocycles. The van der Waals surface area contributed by atoms with Gasteiger partial charge in [-0.1, -0.05) is 12.1 Å². The Hall–Kier alpha value is -2.37. The third-order valence-corrected chi connectivity index (χ3v) is 2.61. The maximum absolute atomic E-state index is 13.0. The molecule has 0 spiro atoms. The highest BCUT2D eigenvalue weighted by Crippen LogP contribution is 2.12. The Bertz CT molecular complexity index is 558. The van der Waals surface area contributed by atoms with Crippen molar-refractivity contribution >= 4 is 17.6 Å². The normalized spacial score (nSPS) is 10.2. The number of nitrogens with two attached hydrogens (primary N) is 1. The molecule has 6 heteroatoms. The predicted molar refractivity (Wildman–Crippen MR) is 74.6 cm³/mol. The molecule has 0 unspecified atom stereocenters. The van der Waals surface area contributed by atoms with Crippen molar-refractivity contribution < 1.29 is 4.39 Å². The van der Waals surface area contributed by atoms with Gasteiger partial charge in [0.05, 0.1) is 0 Å². The molecule has 0 amide bonds. The van der Waals surface area contributed by atoms with Gasteiger partial charge in [0.15, 0.2) is 0 Å². The van der Waals surface area contributed by atoms with Crippen molar-refractivity contribution in [1.82, 2.24) is 9.97 Å². The summed E-state index contributed by atoms with van der Waals surface area (Å²) in [5.74, 6) is 1.29. The summed E-state index contributed by atoms with van der Waals surface area (Å²) < 4.78 is 13.0. The van der Waals surface area contributed by atoms with Crippen LogP contribution in [-0.4, -0.2) is 23.6 Å². The number of nitrogen functional groups attached to an aromatic ring is 1. The van der Waals surface area contributed by atoms with Crippen molar-refractivity contribution in [1.29, 1.82) is 0 Å². The standard InChI is InChI=1S/C13H16FN5/c1-16-11-8-12(19-13(15)18-11)17-6-5-9-3-2-4-10(14)7-9/h2-4,7-8H,5-6H2,1H3,(H4,15,16,17,18,19). The van der Waals surface area contributed by atoms with Crippen LogP contribution in [0.4, 0.5) is 22.0 Å². The molecule has 0 saturated carbocycles. The number of nitrogens with zero attached hydrogens (tertiary/aromatic N) is 2. The Morgan fingerprint density at radius 2 is 2.00 bits per heavy atom. The van der Waals surface area contributed by atoms with Crippen LogP contribution in [0.1, 0.15) is 5.56 Å². The van der Waals surface area contributed by atoms with Crippen molar-refractivity contribution in [2.45, 2.75) is 6.42 Å². The lowest BCUT2D eigenvalue weighted by molar-refractivity contribution is 0.625. The molecule has 0 atom stereocenters. The number of benzene rings is 1. The van der Waals surface area contributed by atoms with Gasteiger partial charge in [0, 0.05) is 19.7 Å². The Balaban J connectivity index is 1.94. The molecule has 2 aromatic rings. The van der Waals surface area contributed by atoms with E-state index in [1.54, 1.807) is 19.2 Å². The maximum Gasteiger partial charge on any atom is 0.223 e. The van der Waals surface area contributed by atoms with Gasteiger partial charge in [-0.15, -0.1) is 0 Å². The van der Waals surface area contributed by atoms with Gasteiger partial charge in [-0.2, -0.15) is 9.97 Å². The monoisotopic (exact) mass is 261 g/mol. The number of hydrogen-bond acceptors (Lipinski definition) is 5. The molecule has 0 bridgehead atoms. The molecule has 1 aromatic carbocycles. The van der Waals surface area contributed by atoms with Crippen molar-refractivity contribution in [2.75, 3.05) is 30.0 Å². The molecule has 0 aliphatic heterocycles. The van der Waals surface area contributed by atoms with E-state index in [9.17, 15) is 4.39 Å². The predicted octanol–water partition coefficient (Wildman–Crippen LogP) is 1.89. The van der Waals surface area contributed by atoms with Crippen molar-refractivity contribution in [2.24, 2.45) is 0 Å². The van der Waals surface area contributed by atoms with Gasteiger partial charge in [-0.05, 0) is 24.1 Å². The minimum Gasteiger partial charge on any atom is -0.373 e. The van der Waals surface area contributed by atoms with Crippen LogP contribution < -0.4 is 16.4 Å². The molecule has 0 radical (unpaired) electrons. The van der Waals surface area contributed by atoms with Crippen LogP contribution in [0.2, 0.25) is 0 Å². The van der Waals surface area contributed by atoms with E-state index in [1.807, 2.05) is 6.07 Å². The number of halogens is 1. The average molecular weight is 261 g/mol. The molecular formula is C13H16FN5. The van der Waals surface area contributed by atoms with Gasteiger partial charge in [0.1, 0.15) is 17.5 Å². The molecule has 0 aliphatic rings. The summed E-state index contributed by atoms with van der Waals surface area (Å²) in [5, 5.41) is 6.04. The van der Waals surface area contributed by atoms with Crippen molar-refractivity contribution in [3.05, 3.63) is 41.7 Å². The topological polar surface area (TPSA) is 75.9 Å². The van der Waals surface area contributed by atoms with E-state index < -0.39 is 0 Å². The second-order valence-electron chi connectivity index (χ2n) is 4.05. The third kappa shape index (κ3) is 3.80. The first-order valence-electron chi connectivity index (χ1n) is 5.98. The Labute approximate surface area is 111 Å². The lowest BCUT2D eigenvalue weighted by Crippen LogP contribution is -2.09. The average Bonchev–Trinajstić information content (AvgIpc) is 2.38. The summed E-state index contributed by atoms with van der Waals surface area (Å²) in [4.78, 5) is 8.07. The van der Waals surface area contributed by atoms with E-state index in [0.717, 1.165) is 5.56 Å². The number of nitrogens with one attached hydrogen (secondary N) is 2. The van der Waals surface area contributed by atoms with Gasteiger partial charge in [0.2, 0.25) is 5.95 Å². The Morgan fingerprint density at radius 1 is 1.21 bits per heavy atom. The molecular weight excluding hydrogens is 245 g/mol. The van der Waals surface area contributed by atoms with Crippen molar-refractivity contribution in [3.63, 3.8) is 0 Å². The largest absolute Gasteiger partial charge is 0.373 e. The highest BCUT2D eigenvalue weighted by atomic mass is 19.1. The van der Waals surface area contributed by atoms with E-state index in [1.165, 1.54) is 12.1 Å². The van der Waals surface area contributed by atoms with Crippen LogP contribution in [0.5, 0.6) is 0 Å². The lowest BCUT2D eigenvalue weighted by Gasteiger charge is -2.08. The SMILES string of the molecule is CNc1cc(NCCc2cccc(F)c2)nc(N)n1. The van der Waals surface area contributed by atoms with Crippen LogP contribution in [0.3, 0.4) is 0 Å². The summed E-state index contributed by atoms with van der Waals surface area (Å²) in [7, 11) is 1.76. The number of rotatable bonds is 5. The first-order valence-corrected chi connectivity index (χ1v) is 5.98. The zero-order chi connectivity index (χ0) is 13.7. The van der Waals surface area contributed by atoms with Crippen LogP contribution in [0.15, 0.2) is 30.3 Å². The molecule has 0 saturated heterocycles. The highest BCUT2D eigenvalue weighted by molar-refractivity contribution is 5.50. The van der Waals surface area contributed by atoms with Gasteiger partial charge in [0.25, 0.3) is 0 Å². The molecule has 19 heavy (non-hydrogen) atoms. The summed E-state index contributed by atoms with van der Waals surface area (Å²) >= 11 is 0. The van der Waals surface area contributed by atoms with E-state index in [4.69, 9.17) is 5.73 Å². The van der Waals surface area contributed by atoms with E-state index in [2.05, 4.69) is 20.6 Å². The molecule has 0 fully saturated rings. The molecule has 1 aromatic heterocycles. The smallest absolute Gasteiger partial charge is 0.223 e. The first kappa shape index (κ1) is 13.1. The van der Waals surface area contributed by atoms with E-state index in [-0.39, 0.29) is 11.8 Å². The summed E-state index contributed by atoms with van der Waals surface area (Å²) in [6.07, 6.45) is 0.705. The van der Waals surface area contributed by atoms with Gasteiger partial charge in [-0.3, -0.25) is 0 Å². The van der Waals surface area contributed by atoms with Crippen LogP contribution in [0.25, 0.3) is 0 Å². The molecule has 0 aliphatic carbocycles. The van der Waals surface area contributed by atoms with Gasteiger partial charge < -0.3 is 16.4 Å². The number of aromatic nitrogens is 2. The lowest BCUT2D eigenvalue weighted by atomic mass is 10.1. The fourth-order valence-corrected chi connectivity index (χ4v) is 1.71. The third-order valence-electron chi connectivity index (χ3n) is 2.61. The van der Waals surface area contributed by atoms with Gasteiger partial charge >= 0.3 is 0 Å². The Kier molecular flexibility index (Phi) is 4.12. The fraction of sp³-hybridized carbons (Fsp3) is 0.231. The first-order chi connectivity index (χ1) is 9.17. The summed E-state index contributed by atoms with van der Waals surface area (Å²) in [5.41, 5.74) is 6.52. The summed E-state index contributed by atoms with van der Waals surface area (Å²) in [6.45, 7) is 0.642. The van der Waals surface area contributed by atoms with E-state index >= 15 is 0 Å². The zero-order valence-corrected chi connectivity index (χ0v) is 10.7. The zero-order valence-electron chi connectivity index (χ0n) is 10.7. The van der Waals surface area contributed by atoms with E-state index in [0.29, 0.717) is 24.6 Å². The summed E-state index contributed by atoms with van der Waals surface area (Å²) in [6, 6.07) is 8.31. The number of hydrogen-bond donors (Lipinski definition) is 3. The minimum absolute atomic E-state index is 0.208. The second-order valence-corrected chi connectivity index (χ2v) is 4.05. The molecule has 2 rings (SSSR count). The fourth-order valence-electron chi connectivity index (χ4n) is 1.71. The van der Waals surface area contributed by atoms with Crippen LogP contribution >= 0.6 is 0 Å². The Morgan fingerprint density at radius 3 is 2.74 bits per heavy atom. The minimum atomic E-state index is -0.221. The maximum atomic E-state index is 13.0. The van der Waals surface area contributed by atoms with Gasteiger partial charge in [-0.25, -0.2) is 4.39 Å². The second kappa shape index (κ2) is 5.99. The number of anilines is 3. The van der Waals surface area contributed by atoms with Crippen LogP contribution in [0, 0.1) is 5.82 Å². The molecule has 100 valence electrons. The van der Waals surface area contributed by atoms with Crippen molar-refractivity contribution in [3.8, 4) is 0 Å². The highest BCUT2D eigenvalue weighted by Gasteiger charge is 2.01. The molecule has 5 nitrogen and oxygen atoms in total. The molecule has 4 N–H and O–H groups in total.